The lowest BCUT2D eigenvalue weighted by Gasteiger charge is -2.09. The first kappa shape index (κ1) is 16.5. The van der Waals surface area contributed by atoms with Gasteiger partial charge in [-0.15, -0.1) is 10.2 Å². The minimum absolute atomic E-state index is 0.363. The maximum atomic E-state index is 11.6. The molecule has 1 aromatic heterocycles. The minimum Gasteiger partial charge on any atom is -0.348 e. The largest absolute Gasteiger partial charge is 0.348 e. The van der Waals surface area contributed by atoms with E-state index in [4.69, 9.17) is 0 Å². The first-order chi connectivity index (χ1) is 9.52. The summed E-state index contributed by atoms with van der Waals surface area (Å²) < 4.78 is 0. The number of aryl methyl sites for hydroxylation is 1. The molecule has 0 aliphatic heterocycles. The fraction of sp³-hybridized carbons (Fsp3) is 0.667. The van der Waals surface area contributed by atoms with Crippen LogP contribution in [-0.2, 0) is 16.0 Å². The molecule has 0 fully saturated rings. The van der Waals surface area contributed by atoms with Crippen molar-refractivity contribution in [1.29, 1.82) is 0 Å². The third-order valence-electron chi connectivity index (χ3n) is 2.43. The second-order valence-corrected chi connectivity index (χ2v) is 5.68. The van der Waals surface area contributed by atoms with Gasteiger partial charge in [-0.3, -0.25) is 14.9 Å². The van der Waals surface area contributed by atoms with Crippen LogP contribution in [0.5, 0.6) is 0 Å². The van der Waals surface area contributed by atoms with Gasteiger partial charge in [0.2, 0.25) is 5.13 Å². The summed E-state index contributed by atoms with van der Waals surface area (Å²) in [4.78, 5) is 25.2. The number of hydrogen-bond donors (Lipinski definition) is 2. The van der Waals surface area contributed by atoms with Crippen molar-refractivity contribution < 1.29 is 9.59 Å². The molecule has 112 valence electrons. The Morgan fingerprint density at radius 3 is 2.65 bits per heavy atom. The van der Waals surface area contributed by atoms with Crippen molar-refractivity contribution in [3.63, 3.8) is 0 Å². The molecule has 2 N–H and O–H groups in total. The molecule has 0 spiro atoms. The van der Waals surface area contributed by atoms with E-state index in [0.29, 0.717) is 11.7 Å². The van der Waals surface area contributed by atoms with Gasteiger partial charge in [-0.25, -0.2) is 0 Å². The van der Waals surface area contributed by atoms with Gasteiger partial charge < -0.3 is 10.2 Å². The highest BCUT2D eigenvalue weighted by atomic mass is 32.1. The summed E-state index contributed by atoms with van der Waals surface area (Å²) in [5.74, 6) is -1.34. The lowest BCUT2D eigenvalue weighted by atomic mass is 10.4. The quantitative estimate of drug-likeness (QED) is 0.565. The molecule has 0 aliphatic rings. The fourth-order valence-corrected chi connectivity index (χ4v) is 2.29. The average Bonchev–Trinajstić information content (AvgIpc) is 2.82. The van der Waals surface area contributed by atoms with E-state index in [1.165, 1.54) is 11.3 Å². The van der Waals surface area contributed by atoms with Crippen molar-refractivity contribution in [3.05, 3.63) is 5.01 Å². The molecular weight excluding hydrogens is 278 g/mol. The van der Waals surface area contributed by atoms with Gasteiger partial charge in [-0.1, -0.05) is 18.3 Å². The molecule has 0 aromatic carbocycles. The maximum Gasteiger partial charge on any atom is 0.315 e. The van der Waals surface area contributed by atoms with Crippen LogP contribution in [0.25, 0.3) is 0 Å². The van der Waals surface area contributed by atoms with Crippen LogP contribution >= 0.6 is 11.3 Å². The molecule has 0 saturated carbocycles. The molecule has 0 aliphatic carbocycles. The lowest BCUT2D eigenvalue weighted by Crippen LogP contribution is -2.36. The molecule has 1 rings (SSSR count). The highest BCUT2D eigenvalue weighted by molar-refractivity contribution is 7.15. The average molecular weight is 299 g/mol. The minimum atomic E-state index is -0.700. The van der Waals surface area contributed by atoms with Crippen LogP contribution in [0.2, 0.25) is 0 Å². The van der Waals surface area contributed by atoms with E-state index >= 15 is 0 Å². The number of anilines is 1. The summed E-state index contributed by atoms with van der Waals surface area (Å²) in [6.07, 6.45) is 2.59. The van der Waals surface area contributed by atoms with Crippen LogP contribution < -0.4 is 10.6 Å². The van der Waals surface area contributed by atoms with Gasteiger partial charge in [0.25, 0.3) is 0 Å². The van der Waals surface area contributed by atoms with Gasteiger partial charge in [0.1, 0.15) is 5.01 Å². The topological polar surface area (TPSA) is 87.2 Å². The van der Waals surface area contributed by atoms with Gasteiger partial charge in [0.05, 0.1) is 0 Å². The SMILES string of the molecule is CCCc1nnc(NC(=O)C(=O)NCCCN(C)C)s1. The third kappa shape index (κ3) is 6.07. The fourth-order valence-electron chi connectivity index (χ4n) is 1.45. The van der Waals surface area contributed by atoms with Crippen molar-refractivity contribution in [3.8, 4) is 0 Å². The Morgan fingerprint density at radius 1 is 1.25 bits per heavy atom. The van der Waals surface area contributed by atoms with Crippen LogP contribution in [-0.4, -0.2) is 54.1 Å². The number of carbonyl (C=O) groups excluding carboxylic acids is 2. The van der Waals surface area contributed by atoms with Crippen molar-refractivity contribution in [2.24, 2.45) is 0 Å². The Balaban J connectivity index is 2.31. The molecule has 0 unspecified atom stereocenters. The summed E-state index contributed by atoms with van der Waals surface area (Å²) in [7, 11) is 3.91. The molecule has 0 bridgehead atoms. The summed E-state index contributed by atoms with van der Waals surface area (Å²) >= 11 is 1.29. The Bertz CT molecular complexity index is 447. The molecule has 20 heavy (non-hydrogen) atoms. The van der Waals surface area contributed by atoms with Crippen molar-refractivity contribution in [2.45, 2.75) is 26.2 Å². The number of rotatable bonds is 7. The second-order valence-electron chi connectivity index (χ2n) is 4.62. The molecule has 0 saturated heterocycles. The van der Waals surface area contributed by atoms with E-state index in [9.17, 15) is 9.59 Å². The standard InChI is InChI=1S/C12H21N5O2S/c1-4-6-9-15-16-12(20-9)14-11(19)10(18)13-7-5-8-17(2)3/h4-8H2,1-3H3,(H,13,18)(H,14,16,19). The van der Waals surface area contributed by atoms with Gasteiger partial charge in [0, 0.05) is 13.0 Å². The van der Waals surface area contributed by atoms with Gasteiger partial charge >= 0.3 is 11.8 Å². The van der Waals surface area contributed by atoms with Crippen molar-refractivity contribution in [2.75, 3.05) is 32.5 Å². The smallest absolute Gasteiger partial charge is 0.315 e. The monoisotopic (exact) mass is 299 g/mol. The van der Waals surface area contributed by atoms with E-state index < -0.39 is 11.8 Å². The van der Waals surface area contributed by atoms with E-state index in [0.717, 1.165) is 30.8 Å². The zero-order chi connectivity index (χ0) is 15.0. The molecule has 1 heterocycles. The number of nitrogens with zero attached hydrogens (tertiary/aromatic N) is 3. The predicted molar refractivity (Wildman–Crippen MR) is 78.7 cm³/mol. The third-order valence-corrected chi connectivity index (χ3v) is 3.32. The van der Waals surface area contributed by atoms with E-state index in [1.54, 1.807) is 0 Å². The summed E-state index contributed by atoms with van der Waals surface area (Å²) in [6.45, 7) is 3.38. The number of carbonyl (C=O) groups is 2. The van der Waals surface area contributed by atoms with Crippen LogP contribution in [0.4, 0.5) is 5.13 Å². The van der Waals surface area contributed by atoms with E-state index in [-0.39, 0.29) is 0 Å². The Morgan fingerprint density at radius 2 is 2.00 bits per heavy atom. The molecular formula is C12H21N5O2S. The first-order valence-corrected chi connectivity index (χ1v) is 7.41. The molecule has 2 amide bonds. The number of aromatic nitrogens is 2. The first-order valence-electron chi connectivity index (χ1n) is 6.59. The van der Waals surface area contributed by atoms with Crippen molar-refractivity contribution >= 4 is 28.3 Å². The zero-order valence-electron chi connectivity index (χ0n) is 12.1. The summed E-state index contributed by atoms with van der Waals surface area (Å²) in [5.41, 5.74) is 0. The highest BCUT2D eigenvalue weighted by Crippen LogP contribution is 2.16. The Hall–Kier alpha value is -1.54. The van der Waals surface area contributed by atoms with Crippen molar-refractivity contribution in [1.82, 2.24) is 20.4 Å². The zero-order valence-corrected chi connectivity index (χ0v) is 12.9. The second kappa shape index (κ2) is 8.60. The van der Waals surface area contributed by atoms with E-state index in [1.807, 2.05) is 25.9 Å². The number of nitrogens with one attached hydrogen (secondary N) is 2. The van der Waals surface area contributed by atoms with E-state index in [2.05, 4.69) is 20.8 Å². The predicted octanol–water partition coefficient (Wildman–Crippen LogP) is 0.497. The number of hydrogen-bond acceptors (Lipinski definition) is 6. The molecule has 0 radical (unpaired) electrons. The van der Waals surface area contributed by atoms with Crippen LogP contribution in [0.3, 0.4) is 0 Å². The highest BCUT2D eigenvalue weighted by Gasteiger charge is 2.15. The Kier molecular flexibility index (Phi) is 7.10. The summed E-state index contributed by atoms with van der Waals surface area (Å²) in [5, 5.41) is 14.0. The van der Waals surface area contributed by atoms with Crippen LogP contribution in [0, 0.1) is 0 Å². The molecule has 1 aromatic rings. The van der Waals surface area contributed by atoms with Gasteiger partial charge in [0.15, 0.2) is 0 Å². The lowest BCUT2D eigenvalue weighted by molar-refractivity contribution is -0.136. The Labute approximate surface area is 122 Å². The van der Waals surface area contributed by atoms with Crippen LogP contribution in [0.1, 0.15) is 24.8 Å². The summed E-state index contributed by atoms with van der Waals surface area (Å²) in [6, 6.07) is 0. The van der Waals surface area contributed by atoms with Crippen LogP contribution in [0.15, 0.2) is 0 Å². The van der Waals surface area contributed by atoms with Gasteiger partial charge in [-0.2, -0.15) is 0 Å². The normalized spacial score (nSPS) is 10.6. The maximum absolute atomic E-state index is 11.6. The molecule has 7 nitrogen and oxygen atoms in total. The molecule has 0 atom stereocenters. The molecule has 8 heteroatoms. The van der Waals surface area contributed by atoms with Gasteiger partial charge in [-0.05, 0) is 33.5 Å². The number of amides is 2.